The van der Waals surface area contributed by atoms with Crippen molar-refractivity contribution >= 4 is 34.0 Å². The summed E-state index contributed by atoms with van der Waals surface area (Å²) < 4.78 is 21.1. The molecule has 1 amide bonds. The van der Waals surface area contributed by atoms with Crippen molar-refractivity contribution in [1.82, 2.24) is 24.8 Å². The van der Waals surface area contributed by atoms with Crippen molar-refractivity contribution in [2.75, 3.05) is 57.0 Å². The fourth-order valence-electron chi connectivity index (χ4n) is 4.64. The van der Waals surface area contributed by atoms with Gasteiger partial charge in [-0.2, -0.15) is 0 Å². The number of hydrogen-bond donors (Lipinski definition) is 2. The Morgan fingerprint density at radius 2 is 1.84 bits per heavy atom. The Morgan fingerprint density at radius 1 is 1.11 bits per heavy atom. The third-order valence-electron chi connectivity index (χ3n) is 6.79. The number of likely N-dealkylation sites (N-methyl/N-ethyl adjacent to an activating group) is 1. The molecule has 1 aliphatic rings. The number of piperazine rings is 1. The van der Waals surface area contributed by atoms with Crippen LogP contribution in [-0.2, 0) is 0 Å². The van der Waals surface area contributed by atoms with Gasteiger partial charge in [0.1, 0.15) is 11.9 Å². The van der Waals surface area contributed by atoms with Gasteiger partial charge in [-0.15, -0.1) is 0 Å². The zero-order valence-electron chi connectivity index (χ0n) is 22.1. The predicted molar refractivity (Wildman–Crippen MR) is 147 cm³/mol. The molecule has 1 aliphatic heterocycles. The molecule has 1 fully saturated rings. The number of aryl methyl sites for hydroxylation is 1. The summed E-state index contributed by atoms with van der Waals surface area (Å²) >= 11 is 0. The summed E-state index contributed by atoms with van der Waals surface area (Å²) in [5.41, 5.74) is 3.52. The first-order chi connectivity index (χ1) is 18.3. The van der Waals surface area contributed by atoms with E-state index in [-0.39, 0.29) is 28.9 Å². The maximum atomic E-state index is 15.2. The first-order valence-corrected chi connectivity index (χ1v) is 12.7. The minimum absolute atomic E-state index is 0.0264. The number of hydrogen-bond acceptors (Lipinski definition) is 7. The van der Waals surface area contributed by atoms with E-state index in [9.17, 15) is 4.79 Å². The van der Waals surface area contributed by atoms with Crippen molar-refractivity contribution in [3.05, 3.63) is 65.9 Å². The van der Waals surface area contributed by atoms with Crippen molar-refractivity contribution in [1.29, 1.82) is 0 Å². The largest absolute Gasteiger partial charge is 0.435 e. The Hall–Kier alpha value is -4.18. The van der Waals surface area contributed by atoms with Gasteiger partial charge in [0.25, 0.3) is 5.91 Å². The van der Waals surface area contributed by atoms with Crippen LogP contribution in [0.15, 0.2) is 48.8 Å². The zero-order valence-corrected chi connectivity index (χ0v) is 22.1. The van der Waals surface area contributed by atoms with Gasteiger partial charge in [-0.1, -0.05) is 6.92 Å². The normalized spacial score (nSPS) is 14.1. The SMILES string of the molecule is CCN1CCN(c2ccc(Nc3ncnc(Oc4ccc5[nH]c(C)cc5c4F)c3C(=O)N(C)C)cc2)CC1. The van der Waals surface area contributed by atoms with Crippen LogP contribution in [0.4, 0.5) is 21.6 Å². The summed E-state index contributed by atoms with van der Waals surface area (Å²) in [4.78, 5) is 31.0. The standard InChI is InChI=1S/C28H32FN7O2/c1-5-35-12-14-36(15-13-35)20-8-6-19(7-9-20)33-26-24(28(37)34(3)4)27(31-17-30-26)38-23-11-10-22-21(25(23)29)16-18(2)32-22/h6-11,16-17,32H,5,12-15H2,1-4H3,(H,30,31,33). The van der Waals surface area contributed by atoms with Gasteiger partial charge in [-0.05, 0) is 55.9 Å². The van der Waals surface area contributed by atoms with Crippen LogP contribution in [-0.4, -0.2) is 77.5 Å². The highest BCUT2D eigenvalue weighted by atomic mass is 19.1. The highest BCUT2D eigenvalue weighted by Gasteiger charge is 2.24. The maximum absolute atomic E-state index is 15.2. The van der Waals surface area contributed by atoms with Gasteiger partial charge in [0.05, 0.1) is 0 Å². The van der Waals surface area contributed by atoms with Gasteiger partial charge in [0, 0.05) is 68.2 Å². The number of benzene rings is 2. The highest BCUT2D eigenvalue weighted by molar-refractivity contribution is 6.01. The Morgan fingerprint density at radius 3 is 2.53 bits per heavy atom. The number of rotatable bonds is 7. The Kier molecular flexibility index (Phi) is 7.15. The summed E-state index contributed by atoms with van der Waals surface area (Å²) in [6, 6.07) is 13.0. The molecule has 198 valence electrons. The highest BCUT2D eigenvalue weighted by Crippen LogP contribution is 2.34. The molecular formula is C28H32FN7O2. The number of carbonyl (C=O) groups is 1. The number of nitrogens with one attached hydrogen (secondary N) is 2. The topological polar surface area (TPSA) is 89.6 Å². The molecule has 0 radical (unpaired) electrons. The average molecular weight is 518 g/mol. The smallest absolute Gasteiger partial charge is 0.262 e. The number of fused-ring (bicyclic) bond motifs is 1. The third kappa shape index (κ3) is 5.12. The van der Waals surface area contributed by atoms with E-state index in [0.717, 1.165) is 49.8 Å². The monoisotopic (exact) mass is 517 g/mol. The molecule has 4 aromatic rings. The second-order valence-electron chi connectivity index (χ2n) is 9.59. The molecule has 2 aromatic carbocycles. The van der Waals surface area contributed by atoms with Gasteiger partial charge in [0.2, 0.25) is 5.88 Å². The average Bonchev–Trinajstić information content (AvgIpc) is 3.32. The molecule has 10 heteroatoms. The molecule has 2 aromatic heterocycles. The molecule has 5 rings (SSSR count). The van der Waals surface area contributed by atoms with Crippen LogP contribution in [0.25, 0.3) is 10.9 Å². The molecule has 0 bridgehead atoms. The van der Waals surface area contributed by atoms with E-state index >= 15 is 4.39 Å². The summed E-state index contributed by atoms with van der Waals surface area (Å²) in [5, 5.41) is 3.63. The second-order valence-corrected chi connectivity index (χ2v) is 9.59. The molecule has 3 heterocycles. The fraction of sp³-hybridized carbons (Fsp3) is 0.321. The number of nitrogens with zero attached hydrogens (tertiary/aromatic N) is 5. The van der Waals surface area contributed by atoms with E-state index in [4.69, 9.17) is 4.74 Å². The first kappa shape index (κ1) is 25.5. The van der Waals surface area contributed by atoms with Crippen molar-refractivity contribution < 1.29 is 13.9 Å². The number of aromatic amines is 1. The lowest BCUT2D eigenvalue weighted by molar-refractivity contribution is 0.0825. The Labute approximate surface area is 221 Å². The number of ether oxygens (including phenoxy) is 1. The van der Waals surface area contributed by atoms with Crippen LogP contribution in [0.5, 0.6) is 11.6 Å². The first-order valence-electron chi connectivity index (χ1n) is 12.7. The van der Waals surface area contributed by atoms with E-state index in [1.54, 1.807) is 26.2 Å². The number of halogens is 1. The molecular weight excluding hydrogens is 485 g/mol. The van der Waals surface area contributed by atoms with Gasteiger partial charge in [-0.25, -0.2) is 14.4 Å². The van der Waals surface area contributed by atoms with Crippen LogP contribution in [0.2, 0.25) is 0 Å². The van der Waals surface area contributed by atoms with Crippen LogP contribution in [0.3, 0.4) is 0 Å². The van der Waals surface area contributed by atoms with Gasteiger partial charge >= 0.3 is 0 Å². The van der Waals surface area contributed by atoms with Crippen molar-refractivity contribution in [2.45, 2.75) is 13.8 Å². The minimum atomic E-state index is -0.529. The Balaban J connectivity index is 1.42. The van der Waals surface area contributed by atoms with E-state index in [0.29, 0.717) is 10.9 Å². The van der Waals surface area contributed by atoms with Gasteiger partial charge < -0.3 is 29.7 Å². The van der Waals surface area contributed by atoms with E-state index in [1.165, 1.54) is 17.3 Å². The van der Waals surface area contributed by atoms with Crippen LogP contribution >= 0.6 is 0 Å². The summed E-state index contributed by atoms with van der Waals surface area (Å²) in [6.07, 6.45) is 1.29. The van der Waals surface area contributed by atoms with E-state index < -0.39 is 5.82 Å². The number of anilines is 3. The van der Waals surface area contributed by atoms with Gasteiger partial charge in [-0.3, -0.25) is 4.79 Å². The molecule has 38 heavy (non-hydrogen) atoms. The lowest BCUT2D eigenvalue weighted by Crippen LogP contribution is -2.46. The summed E-state index contributed by atoms with van der Waals surface area (Å²) in [6.45, 7) is 9.18. The molecule has 0 spiro atoms. The number of H-pyrrole nitrogens is 1. The second kappa shape index (κ2) is 10.7. The van der Waals surface area contributed by atoms with Crippen LogP contribution < -0.4 is 15.0 Å². The zero-order chi connectivity index (χ0) is 26.8. The molecule has 1 saturated heterocycles. The third-order valence-corrected chi connectivity index (χ3v) is 6.79. The summed E-state index contributed by atoms with van der Waals surface area (Å²) in [5.74, 6) is -0.679. The Bertz CT molecular complexity index is 1440. The quantitative estimate of drug-likeness (QED) is 0.365. The van der Waals surface area contributed by atoms with Crippen LogP contribution in [0.1, 0.15) is 23.0 Å². The van der Waals surface area contributed by atoms with Crippen molar-refractivity contribution in [3.8, 4) is 11.6 Å². The van der Waals surface area contributed by atoms with Crippen molar-refractivity contribution in [2.24, 2.45) is 0 Å². The molecule has 9 nitrogen and oxygen atoms in total. The van der Waals surface area contributed by atoms with E-state index in [1.807, 2.05) is 19.1 Å². The molecule has 0 saturated carbocycles. The van der Waals surface area contributed by atoms with Crippen LogP contribution in [0, 0.1) is 12.7 Å². The van der Waals surface area contributed by atoms with Gasteiger partial charge in [0.15, 0.2) is 17.4 Å². The number of carbonyl (C=O) groups excluding carboxylic acids is 1. The lowest BCUT2D eigenvalue weighted by Gasteiger charge is -2.35. The fourth-order valence-corrected chi connectivity index (χ4v) is 4.64. The molecule has 0 atom stereocenters. The predicted octanol–water partition coefficient (Wildman–Crippen LogP) is 4.79. The molecule has 2 N–H and O–H groups in total. The lowest BCUT2D eigenvalue weighted by atomic mass is 10.2. The van der Waals surface area contributed by atoms with E-state index in [2.05, 4.69) is 49.1 Å². The molecule has 0 unspecified atom stereocenters. The minimum Gasteiger partial charge on any atom is -0.435 e. The summed E-state index contributed by atoms with van der Waals surface area (Å²) in [7, 11) is 3.26. The maximum Gasteiger partial charge on any atom is 0.262 e. The molecule has 0 aliphatic carbocycles. The number of amides is 1. The van der Waals surface area contributed by atoms with Crippen molar-refractivity contribution in [3.63, 3.8) is 0 Å². The number of aromatic nitrogens is 3.